The van der Waals surface area contributed by atoms with E-state index in [-0.39, 0.29) is 16.1 Å². The summed E-state index contributed by atoms with van der Waals surface area (Å²) in [6.45, 7) is 4.82. The Morgan fingerprint density at radius 1 is 0.957 bits per heavy atom. The summed E-state index contributed by atoms with van der Waals surface area (Å²) < 4.78 is 42.1. The number of allylic oxidation sites excluding steroid dienone is 1. The van der Waals surface area contributed by atoms with E-state index in [1.807, 2.05) is 24.3 Å². The first kappa shape index (κ1) is 30.9. The molecule has 3 aromatic carbocycles. The van der Waals surface area contributed by atoms with Crippen LogP contribution in [0.15, 0.2) is 89.8 Å². The summed E-state index contributed by atoms with van der Waals surface area (Å²) >= 11 is 0. The fourth-order valence-corrected chi connectivity index (χ4v) is 9.13. The number of amides is 2. The maximum atomic E-state index is 14.8. The van der Waals surface area contributed by atoms with Gasteiger partial charge >= 0.3 is 6.16 Å². The Morgan fingerprint density at radius 3 is 2.30 bits per heavy atom. The standard InChI is InChI=1S/C34H33N3O9S/c1-32(2,3)46-31(41)45-28-33(23-19-18-20-12-8-9-15-22(20)23)24-16-10-11-17-25(24)37(47(43,44)21-13-6-5-7-14-21)29(33)36-27(39)26(38)35(4)30(40)34(28,36)42/h5-17,19,26,28-29,38,42H,18H2,1-4H3/t26-,28+,29+,33+,34+/m1/s1. The number of fused-ring (bicyclic) bond motifs is 6. The third kappa shape index (κ3) is 4.06. The predicted octanol–water partition coefficient (Wildman–Crippen LogP) is 2.74. The molecule has 12 nitrogen and oxygen atoms in total. The summed E-state index contributed by atoms with van der Waals surface area (Å²) in [5.74, 6) is -2.33. The van der Waals surface area contributed by atoms with Crippen LogP contribution in [0.4, 0.5) is 10.5 Å². The van der Waals surface area contributed by atoms with E-state index in [0.29, 0.717) is 27.4 Å². The lowest BCUT2D eigenvalue weighted by atomic mass is 9.67. The van der Waals surface area contributed by atoms with Crippen molar-refractivity contribution < 1.29 is 42.5 Å². The zero-order chi connectivity index (χ0) is 33.7. The van der Waals surface area contributed by atoms with Crippen LogP contribution in [-0.4, -0.2) is 83.3 Å². The normalized spacial score (nSPS) is 28.0. The van der Waals surface area contributed by atoms with Crippen LogP contribution in [-0.2, 0) is 40.9 Å². The summed E-state index contributed by atoms with van der Waals surface area (Å²) in [7, 11) is -3.43. The van der Waals surface area contributed by atoms with E-state index in [2.05, 4.69) is 0 Å². The summed E-state index contributed by atoms with van der Waals surface area (Å²) in [5, 5.41) is 23.8. The van der Waals surface area contributed by atoms with E-state index in [4.69, 9.17) is 9.47 Å². The molecule has 3 aromatic rings. The van der Waals surface area contributed by atoms with E-state index < -0.39 is 63.2 Å². The molecule has 4 aliphatic rings. The highest BCUT2D eigenvalue weighted by Gasteiger charge is 2.82. The van der Waals surface area contributed by atoms with Gasteiger partial charge in [-0.1, -0.05) is 66.7 Å². The Hall–Kier alpha value is -4.72. The van der Waals surface area contributed by atoms with Gasteiger partial charge in [0.05, 0.1) is 10.6 Å². The van der Waals surface area contributed by atoms with Gasteiger partial charge in [0.15, 0.2) is 6.10 Å². The maximum Gasteiger partial charge on any atom is 0.509 e. The van der Waals surface area contributed by atoms with Crippen molar-refractivity contribution in [3.05, 3.63) is 102 Å². The molecule has 3 heterocycles. The van der Waals surface area contributed by atoms with E-state index in [9.17, 15) is 33.0 Å². The number of piperazine rings is 1. The number of anilines is 1. The topological polar surface area (TPSA) is 154 Å². The van der Waals surface area contributed by atoms with Crippen LogP contribution < -0.4 is 4.31 Å². The number of rotatable bonds is 4. The molecular weight excluding hydrogens is 626 g/mol. The third-order valence-electron chi connectivity index (χ3n) is 9.25. The number of benzene rings is 3. The SMILES string of the molecule is CN1C(=O)[C@@]2(O)[C@@H](OC(=O)OC(C)(C)C)[C@]3(C4=CCc5ccccc54)c4ccccc4N(S(=O)(=O)c4ccccc4)[C@@H]3N2C(=O)[C@H]1O. The van der Waals surface area contributed by atoms with Crippen molar-refractivity contribution in [2.45, 2.75) is 67.3 Å². The molecule has 0 unspecified atom stereocenters. The van der Waals surface area contributed by atoms with Crippen LogP contribution >= 0.6 is 0 Å². The fraction of sp³-hybridized carbons (Fsp3) is 0.324. The Balaban J connectivity index is 1.60. The number of nitrogens with zero attached hydrogens (tertiary/aromatic N) is 3. The molecule has 3 aliphatic heterocycles. The fourth-order valence-electron chi connectivity index (χ4n) is 7.46. The Kier molecular flexibility index (Phi) is 6.67. The van der Waals surface area contributed by atoms with Crippen LogP contribution in [0.3, 0.4) is 0 Å². The van der Waals surface area contributed by atoms with Gasteiger partial charge in [0, 0.05) is 7.05 Å². The quantitative estimate of drug-likeness (QED) is 0.403. The van der Waals surface area contributed by atoms with Crippen LogP contribution in [0.1, 0.15) is 37.5 Å². The van der Waals surface area contributed by atoms with Crippen molar-refractivity contribution >= 4 is 39.3 Å². The molecule has 0 radical (unpaired) electrons. The Labute approximate surface area is 271 Å². The second-order valence-electron chi connectivity index (χ2n) is 13.0. The first-order valence-corrected chi connectivity index (χ1v) is 16.5. The number of aliphatic hydroxyl groups excluding tert-OH is 1. The first-order valence-electron chi connectivity index (χ1n) is 15.0. The van der Waals surface area contributed by atoms with Gasteiger partial charge in [0.2, 0.25) is 6.23 Å². The van der Waals surface area contributed by atoms with E-state index in [0.717, 1.165) is 16.9 Å². The second kappa shape index (κ2) is 10.1. The van der Waals surface area contributed by atoms with Crippen molar-refractivity contribution in [2.75, 3.05) is 11.4 Å². The van der Waals surface area contributed by atoms with Crippen molar-refractivity contribution in [1.82, 2.24) is 9.80 Å². The lowest BCUT2D eigenvalue weighted by Gasteiger charge is -2.46. The number of ether oxygens (including phenoxy) is 2. The van der Waals surface area contributed by atoms with Gasteiger partial charge in [-0.2, -0.15) is 0 Å². The van der Waals surface area contributed by atoms with Gasteiger partial charge in [0.1, 0.15) is 17.2 Å². The number of aliphatic hydroxyl groups is 2. The van der Waals surface area contributed by atoms with Gasteiger partial charge in [-0.3, -0.25) is 14.5 Å². The highest BCUT2D eigenvalue weighted by molar-refractivity contribution is 7.93. The molecule has 2 saturated heterocycles. The van der Waals surface area contributed by atoms with Crippen LogP contribution in [0.25, 0.3) is 5.57 Å². The highest BCUT2D eigenvalue weighted by atomic mass is 32.2. The number of hydrogen-bond acceptors (Lipinski definition) is 9. The van der Waals surface area contributed by atoms with E-state index in [1.54, 1.807) is 69.3 Å². The molecule has 47 heavy (non-hydrogen) atoms. The average Bonchev–Trinajstić information content (AvgIpc) is 3.65. The number of hydrogen-bond donors (Lipinski definition) is 2. The number of carbonyl (C=O) groups is 3. The van der Waals surface area contributed by atoms with Gasteiger partial charge < -0.3 is 24.6 Å². The Bertz CT molecular complexity index is 1980. The van der Waals surface area contributed by atoms with Crippen molar-refractivity contribution in [3.8, 4) is 0 Å². The highest BCUT2D eigenvalue weighted by Crippen LogP contribution is 2.65. The molecular formula is C34H33N3O9S. The molecule has 2 amide bonds. The summed E-state index contributed by atoms with van der Waals surface area (Å²) in [6.07, 6.45) is -4.77. The van der Waals surface area contributed by atoms with Crippen molar-refractivity contribution in [2.24, 2.45) is 0 Å². The van der Waals surface area contributed by atoms with Gasteiger partial charge in [-0.25, -0.2) is 17.5 Å². The van der Waals surface area contributed by atoms with Gasteiger partial charge in [-0.15, -0.1) is 0 Å². The Morgan fingerprint density at radius 2 is 1.60 bits per heavy atom. The summed E-state index contributed by atoms with van der Waals surface area (Å²) in [5.41, 5.74) is -3.57. The lowest BCUT2D eigenvalue weighted by Crippen LogP contribution is -2.74. The van der Waals surface area contributed by atoms with Crippen LogP contribution in [0.5, 0.6) is 0 Å². The largest absolute Gasteiger partial charge is 0.509 e. The maximum absolute atomic E-state index is 14.8. The van der Waals surface area contributed by atoms with Gasteiger partial charge in [0.25, 0.3) is 27.6 Å². The van der Waals surface area contributed by atoms with Crippen LogP contribution in [0.2, 0.25) is 0 Å². The van der Waals surface area contributed by atoms with Crippen molar-refractivity contribution in [1.29, 1.82) is 0 Å². The second-order valence-corrected chi connectivity index (χ2v) is 14.9. The molecule has 0 bridgehead atoms. The monoisotopic (exact) mass is 659 g/mol. The molecule has 7 rings (SSSR count). The number of para-hydroxylation sites is 1. The molecule has 244 valence electrons. The van der Waals surface area contributed by atoms with Gasteiger partial charge in [-0.05, 0) is 67.7 Å². The molecule has 1 aliphatic carbocycles. The number of carbonyl (C=O) groups excluding carboxylic acids is 3. The minimum atomic E-state index is -4.56. The summed E-state index contributed by atoms with van der Waals surface area (Å²) in [4.78, 5) is 43.3. The van der Waals surface area contributed by atoms with E-state index in [1.165, 1.54) is 12.1 Å². The first-order chi connectivity index (χ1) is 22.2. The smallest absolute Gasteiger partial charge is 0.429 e. The van der Waals surface area contributed by atoms with Crippen LogP contribution in [0, 0.1) is 0 Å². The lowest BCUT2D eigenvalue weighted by molar-refractivity contribution is -0.221. The molecule has 0 spiro atoms. The van der Waals surface area contributed by atoms with E-state index >= 15 is 0 Å². The minimum Gasteiger partial charge on any atom is -0.429 e. The molecule has 2 fully saturated rings. The number of sulfonamides is 1. The minimum absolute atomic E-state index is 0.125. The number of likely N-dealkylation sites (N-methyl/N-ethyl adjacent to an activating group) is 1. The zero-order valence-corrected chi connectivity index (χ0v) is 26.8. The molecule has 5 atom stereocenters. The third-order valence-corrected chi connectivity index (χ3v) is 11.0. The molecule has 0 saturated carbocycles. The average molecular weight is 660 g/mol. The molecule has 0 aromatic heterocycles. The molecule has 2 N–H and O–H groups in total. The predicted molar refractivity (Wildman–Crippen MR) is 168 cm³/mol. The van der Waals surface area contributed by atoms with Crippen molar-refractivity contribution in [3.63, 3.8) is 0 Å². The summed E-state index contributed by atoms with van der Waals surface area (Å²) in [6, 6.07) is 21.3. The zero-order valence-electron chi connectivity index (χ0n) is 26.0. The molecule has 13 heteroatoms.